The van der Waals surface area contributed by atoms with Gasteiger partial charge in [0, 0.05) is 39.3 Å². The number of hydrogen-bond acceptors (Lipinski definition) is 12. The highest BCUT2D eigenvalue weighted by atomic mass is 16.5. The van der Waals surface area contributed by atoms with Crippen LogP contribution in [0.5, 0.6) is 5.75 Å². The molecule has 1 aromatic carbocycles. The van der Waals surface area contributed by atoms with Gasteiger partial charge in [-0.2, -0.15) is 0 Å². The zero-order valence-corrected chi connectivity index (χ0v) is 39.6. The molecule has 3 fully saturated rings. The fraction of sp³-hybridized carbons (Fsp3) is 0.674. The van der Waals surface area contributed by atoms with Gasteiger partial charge < -0.3 is 56.7 Å². The van der Waals surface area contributed by atoms with E-state index in [1.54, 1.807) is 46.8 Å². The molecule has 66 heavy (non-hydrogen) atoms. The second-order valence-electron chi connectivity index (χ2n) is 18.7. The van der Waals surface area contributed by atoms with Gasteiger partial charge in [-0.1, -0.05) is 73.4 Å². The number of rotatable bonds is 13. The van der Waals surface area contributed by atoms with Gasteiger partial charge in [0.05, 0.1) is 0 Å². The molecule has 3 heterocycles. The third kappa shape index (κ3) is 12.8. The molecule has 1 unspecified atom stereocenters. The molecule has 3 aliphatic rings. The molecule has 8 N–H and O–H groups in total. The molecule has 0 spiro atoms. The quantitative estimate of drug-likeness (QED) is 0.131. The molecule has 0 aromatic heterocycles. The zero-order valence-electron chi connectivity index (χ0n) is 39.6. The van der Waals surface area contributed by atoms with E-state index in [1.807, 2.05) is 13.8 Å². The number of piperidine rings is 1. The first-order valence-corrected chi connectivity index (χ1v) is 23.0. The number of benzene rings is 1. The molecule has 20 heteroatoms. The molecule has 0 aliphatic carbocycles. The van der Waals surface area contributed by atoms with Gasteiger partial charge in [-0.3, -0.25) is 38.4 Å². The monoisotopic (exact) mass is 927 g/mol. The number of likely N-dealkylation sites (N-methyl/N-ethyl adjacent to an activating group) is 1. The van der Waals surface area contributed by atoms with E-state index in [1.165, 1.54) is 31.0 Å². The van der Waals surface area contributed by atoms with Crippen molar-refractivity contribution < 1.29 is 58.1 Å². The number of amides is 8. The minimum atomic E-state index is -1.59. The number of aliphatic hydroxyl groups excluding tert-OH is 1. The van der Waals surface area contributed by atoms with Crippen molar-refractivity contribution in [2.24, 2.45) is 29.4 Å². The molecule has 2 bridgehead atoms. The van der Waals surface area contributed by atoms with Gasteiger partial charge in [0.15, 0.2) is 0 Å². The third-order valence-corrected chi connectivity index (χ3v) is 13.1. The molecule has 20 nitrogen and oxygen atoms in total. The van der Waals surface area contributed by atoms with Crippen molar-refractivity contribution >= 4 is 53.2 Å². The Morgan fingerprint density at radius 1 is 0.894 bits per heavy atom. The number of primary amides is 1. The maximum atomic E-state index is 14.9. The van der Waals surface area contributed by atoms with Crippen LogP contribution in [-0.2, 0) is 54.3 Å². The van der Waals surface area contributed by atoms with E-state index < -0.39 is 126 Å². The standard InChI is InChI=1S/C46H70N8O12/c1-10-24(5)36-46(65)66-39-26(7)22-53(43(62)30(48-27(8)55)16-18-34(47)57)38(39)42(61)50-32(20-23(3)4)40(59)49-31-17-19-35(58)54(44(31)63)37(25(6)11-2)45(64)52(9)33(41(60)51-36)21-28-12-14-29(56)15-13-28/h12-15,23-26,30-33,35-39,56,58H,10-11,16-22H2,1-9H3,(H2,47,57)(H,48,55)(H,49,59)(H,50,61)(H,51,60)/t24-,25-,26+,30-,31-,32-,33-,35+,36-,37-,38?,39+/m0/s1. The van der Waals surface area contributed by atoms with Crippen LogP contribution >= 0.6 is 0 Å². The molecule has 8 amide bonds. The maximum absolute atomic E-state index is 14.9. The zero-order chi connectivity index (χ0) is 49.3. The number of phenolic OH excluding ortho intramolecular Hbond substituents is 1. The van der Waals surface area contributed by atoms with Crippen molar-refractivity contribution in [3.63, 3.8) is 0 Å². The Morgan fingerprint density at radius 2 is 1.53 bits per heavy atom. The highest BCUT2D eigenvalue weighted by Gasteiger charge is 2.52. The van der Waals surface area contributed by atoms with Crippen molar-refractivity contribution in [1.29, 1.82) is 0 Å². The minimum Gasteiger partial charge on any atom is -0.508 e. The molecular formula is C46H70N8O12. The van der Waals surface area contributed by atoms with Gasteiger partial charge in [0.2, 0.25) is 47.3 Å². The average molecular weight is 927 g/mol. The Hall–Kier alpha value is -5.79. The second-order valence-corrected chi connectivity index (χ2v) is 18.7. The van der Waals surface area contributed by atoms with E-state index in [0.717, 1.165) is 9.80 Å². The summed E-state index contributed by atoms with van der Waals surface area (Å²) in [5, 5.41) is 32.3. The molecule has 3 saturated heterocycles. The lowest BCUT2D eigenvalue weighted by atomic mass is 9.91. The van der Waals surface area contributed by atoms with Crippen LogP contribution in [0.3, 0.4) is 0 Å². The normalized spacial score (nSPS) is 28.4. The summed E-state index contributed by atoms with van der Waals surface area (Å²) in [4.78, 5) is 130. The summed E-state index contributed by atoms with van der Waals surface area (Å²) in [6, 6.07) is -3.48. The average Bonchev–Trinajstić information content (AvgIpc) is 3.58. The number of esters is 1. The van der Waals surface area contributed by atoms with Crippen LogP contribution in [0.15, 0.2) is 24.3 Å². The highest BCUT2D eigenvalue weighted by molar-refractivity contribution is 5.98. The summed E-state index contributed by atoms with van der Waals surface area (Å²) in [5.74, 6) is -9.06. The van der Waals surface area contributed by atoms with Crippen molar-refractivity contribution in [2.75, 3.05) is 13.6 Å². The number of aliphatic hydroxyl groups is 1. The van der Waals surface area contributed by atoms with Gasteiger partial charge in [-0.25, -0.2) is 4.79 Å². The summed E-state index contributed by atoms with van der Waals surface area (Å²) >= 11 is 0. The number of phenols is 1. The first-order valence-electron chi connectivity index (χ1n) is 23.0. The highest BCUT2D eigenvalue weighted by Crippen LogP contribution is 2.31. The number of nitrogens with two attached hydrogens (primary N) is 1. The van der Waals surface area contributed by atoms with Crippen LogP contribution in [0.25, 0.3) is 0 Å². The van der Waals surface area contributed by atoms with E-state index >= 15 is 0 Å². The Balaban J connectivity index is 1.93. The second kappa shape index (κ2) is 23.1. The Morgan fingerprint density at radius 3 is 2.11 bits per heavy atom. The largest absolute Gasteiger partial charge is 0.508 e. The van der Waals surface area contributed by atoms with Crippen molar-refractivity contribution in [1.82, 2.24) is 36.0 Å². The van der Waals surface area contributed by atoms with E-state index in [9.17, 15) is 53.4 Å². The van der Waals surface area contributed by atoms with Crippen LogP contribution in [0.4, 0.5) is 0 Å². The molecule has 366 valence electrons. The molecule has 0 radical (unpaired) electrons. The van der Waals surface area contributed by atoms with Crippen molar-refractivity contribution in [3.05, 3.63) is 29.8 Å². The first kappa shape index (κ1) is 52.8. The Bertz CT molecular complexity index is 1960. The SMILES string of the molecule is CC[C@H](C)[C@@H]1NC(=O)[C@H](Cc2ccc(O)cc2)N(C)C(=O)[C@H]([C@@H](C)CC)N2C(=O)[C@H](CC[C@H]2O)NC(=O)[C@H](CC(C)C)NC(=O)C2[C@H](OC1=O)[C@H](C)CN2C(=O)[C@H](CCC(N)=O)NC(C)=O. The van der Waals surface area contributed by atoms with Crippen LogP contribution in [0, 0.1) is 23.7 Å². The smallest absolute Gasteiger partial charge is 0.329 e. The Labute approximate surface area is 386 Å². The van der Waals surface area contributed by atoms with Crippen LogP contribution in [0.2, 0.25) is 0 Å². The maximum Gasteiger partial charge on any atom is 0.329 e. The number of fused-ring (bicyclic) bond motifs is 3. The van der Waals surface area contributed by atoms with Gasteiger partial charge in [0.1, 0.15) is 60.4 Å². The number of nitrogens with zero attached hydrogens (tertiary/aromatic N) is 3. The predicted molar refractivity (Wildman–Crippen MR) is 239 cm³/mol. The van der Waals surface area contributed by atoms with Gasteiger partial charge in [-0.15, -0.1) is 0 Å². The van der Waals surface area contributed by atoms with Crippen molar-refractivity contribution in [3.8, 4) is 5.75 Å². The summed E-state index contributed by atoms with van der Waals surface area (Å²) in [7, 11) is 1.39. The minimum absolute atomic E-state index is 0.0129. The van der Waals surface area contributed by atoms with E-state index in [4.69, 9.17) is 10.5 Å². The number of likely N-dealkylation sites (tertiary alicyclic amines) is 1. The van der Waals surface area contributed by atoms with Crippen LogP contribution in [-0.4, -0.2) is 146 Å². The number of hydrogen-bond donors (Lipinski definition) is 7. The van der Waals surface area contributed by atoms with E-state index in [0.29, 0.717) is 18.4 Å². The number of carbonyl (C=O) groups is 9. The first-order chi connectivity index (χ1) is 31.0. The lowest BCUT2D eigenvalue weighted by Crippen LogP contribution is -2.66. The molecular weight excluding hydrogens is 857 g/mol. The molecule has 0 saturated carbocycles. The number of nitrogens with one attached hydrogen (secondary N) is 4. The Kier molecular flexibility index (Phi) is 18.5. The van der Waals surface area contributed by atoms with E-state index in [-0.39, 0.29) is 56.7 Å². The topological polar surface area (TPSA) is 287 Å². The molecule has 3 aliphatic heterocycles. The molecule has 4 rings (SSSR count). The van der Waals surface area contributed by atoms with Crippen LogP contribution < -0.4 is 27.0 Å². The summed E-state index contributed by atoms with van der Waals surface area (Å²) in [6.45, 7) is 13.3. The summed E-state index contributed by atoms with van der Waals surface area (Å²) < 4.78 is 6.19. The molecule has 1 aromatic rings. The molecule has 12 atom stereocenters. The summed E-state index contributed by atoms with van der Waals surface area (Å²) in [5.41, 5.74) is 5.93. The lowest BCUT2D eigenvalue weighted by Gasteiger charge is -2.44. The fourth-order valence-electron chi connectivity index (χ4n) is 8.91. The number of aromatic hydroxyl groups is 1. The summed E-state index contributed by atoms with van der Waals surface area (Å²) in [6.07, 6.45) is -2.68. The van der Waals surface area contributed by atoms with Gasteiger partial charge >= 0.3 is 5.97 Å². The van der Waals surface area contributed by atoms with Crippen molar-refractivity contribution in [2.45, 2.75) is 161 Å². The lowest BCUT2D eigenvalue weighted by molar-refractivity contribution is -0.168. The predicted octanol–water partition coefficient (Wildman–Crippen LogP) is 0.206. The third-order valence-electron chi connectivity index (χ3n) is 13.1. The van der Waals surface area contributed by atoms with Gasteiger partial charge in [-0.05, 0) is 61.1 Å². The van der Waals surface area contributed by atoms with Gasteiger partial charge in [0.25, 0.3) is 0 Å². The van der Waals surface area contributed by atoms with E-state index in [2.05, 4.69) is 21.3 Å². The van der Waals surface area contributed by atoms with Crippen LogP contribution in [0.1, 0.15) is 106 Å². The fourth-order valence-corrected chi connectivity index (χ4v) is 8.91. The number of carbonyl (C=O) groups excluding carboxylic acids is 9. The number of ether oxygens (including phenoxy) is 1.